The van der Waals surface area contributed by atoms with Crippen LogP contribution >= 0.6 is 0 Å². The summed E-state index contributed by atoms with van der Waals surface area (Å²) in [5.41, 5.74) is 0.508. The average Bonchev–Trinajstić information content (AvgIpc) is 2.65. The van der Waals surface area contributed by atoms with Crippen LogP contribution < -0.4 is 14.8 Å². The van der Waals surface area contributed by atoms with Gasteiger partial charge in [-0.1, -0.05) is 0 Å². The Morgan fingerprint density at radius 2 is 1.75 bits per heavy atom. The van der Waals surface area contributed by atoms with Crippen molar-refractivity contribution in [1.82, 2.24) is 15.1 Å². The van der Waals surface area contributed by atoms with Crippen molar-refractivity contribution in [2.75, 3.05) is 54.0 Å². The lowest BCUT2D eigenvalue weighted by Crippen LogP contribution is -2.50. The van der Waals surface area contributed by atoms with Gasteiger partial charge in [0.1, 0.15) is 11.5 Å². The van der Waals surface area contributed by atoms with Gasteiger partial charge in [0.25, 0.3) is 5.91 Å². The van der Waals surface area contributed by atoms with Gasteiger partial charge in [-0.2, -0.15) is 0 Å². The fourth-order valence-electron chi connectivity index (χ4n) is 2.69. The summed E-state index contributed by atoms with van der Waals surface area (Å²) in [7, 11) is 4.93. The molecular formula is C17H25N3O4. The molecule has 1 N–H and O–H groups in total. The quantitative estimate of drug-likeness (QED) is 0.824. The van der Waals surface area contributed by atoms with E-state index in [-0.39, 0.29) is 11.8 Å². The molecule has 0 atom stereocenters. The summed E-state index contributed by atoms with van der Waals surface area (Å²) in [6.07, 6.45) is 0.483. The molecule has 1 aromatic rings. The molecule has 1 aromatic carbocycles. The summed E-state index contributed by atoms with van der Waals surface area (Å²) in [5, 5.41) is 2.97. The van der Waals surface area contributed by atoms with Crippen LogP contribution in [0, 0.1) is 0 Å². The number of ether oxygens (including phenoxy) is 2. The number of piperazine rings is 1. The Morgan fingerprint density at radius 3 is 2.33 bits per heavy atom. The molecule has 7 heteroatoms. The normalized spacial score (nSPS) is 14.5. The molecule has 2 rings (SSSR count). The number of methoxy groups -OCH3 is 2. The highest BCUT2D eigenvalue weighted by Crippen LogP contribution is 2.26. The SMILES string of the molecule is CNCCC(=O)N1CCN(C(=O)c2ccc(OC)cc2OC)CC1. The van der Waals surface area contributed by atoms with Gasteiger partial charge in [-0.25, -0.2) is 0 Å². The molecular weight excluding hydrogens is 310 g/mol. The second-order valence-corrected chi connectivity index (χ2v) is 5.59. The van der Waals surface area contributed by atoms with Gasteiger partial charge in [0, 0.05) is 45.2 Å². The van der Waals surface area contributed by atoms with Crippen LogP contribution in [0.2, 0.25) is 0 Å². The Hall–Kier alpha value is -2.28. The first-order valence-corrected chi connectivity index (χ1v) is 8.04. The van der Waals surface area contributed by atoms with Crippen molar-refractivity contribution >= 4 is 11.8 Å². The van der Waals surface area contributed by atoms with E-state index >= 15 is 0 Å². The van der Waals surface area contributed by atoms with Crippen LogP contribution in [0.15, 0.2) is 18.2 Å². The Balaban J connectivity index is 1.99. The van der Waals surface area contributed by atoms with Crippen LogP contribution in [-0.4, -0.2) is 75.6 Å². The van der Waals surface area contributed by atoms with Crippen LogP contribution in [0.4, 0.5) is 0 Å². The Kier molecular flexibility index (Phi) is 6.43. The summed E-state index contributed by atoms with van der Waals surface area (Å²) in [5.74, 6) is 1.17. The summed E-state index contributed by atoms with van der Waals surface area (Å²) in [6.45, 7) is 2.85. The molecule has 0 spiro atoms. The molecule has 2 amide bonds. The number of rotatable bonds is 6. The van der Waals surface area contributed by atoms with E-state index in [1.165, 1.54) is 7.11 Å². The van der Waals surface area contributed by atoms with E-state index in [4.69, 9.17) is 9.47 Å². The highest BCUT2D eigenvalue weighted by molar-refractivity contribution is 5.97. The van der Waals surface area contributed by atoms with Crippen molar-refractivity contribution in [1.29, 1.82) is 0 Å². The van der Waals surface area contributed by atoms with E-state index in [2.05, 4.69) is 5.32 Å². The van der Waals surface area contributed by atoms with Gasteiger partial charge in [-0.05, 0) is 19.2 Å². The molecule has 1 saturated heterocycles. The molecule has 0 unspecified atom stereocenters. The number of hydrogen-bond acceptors (Lipinski definition) is 5. The Bertz CT molecular complexity index is 583. The standard InChI is InChI=1S/C17H25N3O4/c1-18-7-6-16(21)19-8-10-20(11-9-19)17(22)14-5-4-13(23-2)12-15(14)24-3/h4-5,12,18H,6-11H2,1-3H3. The monoisotopic (exact) mass is 335 g/mol. The topological polar surface area (TPSA) is 71.1 Å². The number of nitrogens with one attached hydrogen (secondary N) is 1. The lowest BCUT2D eigenvalue weighted by Gasteiger charge is -2.35. The number of amides is 2. The second-order valence-electron chi connectivity index (χ2n) is 5.59. The van der Waals surface area contributed by atoms with E-state index in [0.29, 0.717) is 56.2 Å². The average molecular weight is 335 g/mol. The first-order chi connectivity index (χ1) is 11.6. The van der Waals surface area contributed by atoms with Crippen molar-refractivity contribution in [3.05, 3.63) is 23.8 Å². The van der Waals surface area contributed by atoms with Crippen LogP contribution in [0.3, 0.4) is 0 Å². The van der Waals surface area contributed by atoms with Gasteiger partial charge in [-0.15, -0.1) is 0 Å². The summed E-state index contributed by atoms with van der Waals surface area (Å²) in [4.78, 5) is 28.3. The predicted octanol–water partition coefficient (Wildman–Crippen LogP) is 0.598. The van der Waals surface area contributed by atoms with Crippen LogP contribution in [0.5, 0.6) is 11.5 Å². The Labute approximate surface area is 142 Å². The highest BCUT2D eigenvalue weighted by atomic mass is 16.5. The Morgan fingerprint density at radius 1 is 1.08 bits per heavy atom. The van der Waals surface area contributed by atoms with Crippen molar-refractivity contribution in [2.45, 2.75) is 6.42 Å². The molecule has 0 aromatic heterocycles. The van der Waals surface area contributed by atoms with Crippen molar-refractivity contribution in [3.63, 3.8) is 0 Å². The number of carbonyl (C=O) groups excluding carboxylic acids is 2. The second kappa shape index (κ2) is 8.54. The number of nitrogens with zero attached hydrogens (tertiary/aromatic N) is 2. The minimum atomic E-state index is -0.0863. The van der Waals surface area contributed by atoms with Gasteiger partial charge < -0.3 is 24.6 Å². The number of benzene rings is 1. The van der Waals surface area contributed by atoms with Crippen LogP contribution in [0.25, 0.3) is 0 Å². The van der Waals surface area contributed by atoms with Gasteiger partial charge in [0.05, 0.1) is 19.8 Å². The molecule has 1 fully saturated rings. The molecule has 24 heavy (non-hydrogen) atoms. The molecule has 1 aliphatic rings. The molecule has 7 nitrogen and oxygen atoms in total. The first kappa shape index (κ1) is 18.1. The van der Waals surface area contributed by atoms with Gasteiger partial charge in [0.15, 0.2) is 0 Å². The third-order valence-corrected chi connectivity index (χ3v) is 4.15. The van der Waals surface area contributed by atoms with E-state index in [1.807, 2.05) is 11.9 Å². The van der Waals surface area contributed by atoms with Gasteiger partial charge >= 0.3 is 0 Å². The van der Waals surface area contributed by atoms with E-state index in [9.17, 15) is 9.59 Å². The minimum Gasteiger partial charge on any atom is -0.497 e. The maximum absolute atomic E-state index is 12.7. The van der Waals surface area contributed by atoms with Gasteiger partial charge in [0.2, 0.25) is 5.91 Å². The zero-order valence-electron chi connectivity index (χ0n) is 14.5. The summed E-state index contributed by atoms with van der Waals surface area (Å²) < 4.78 is 10.5. The lowest BCUT2D eigenvalue weighted by atomic mass is 10.1. The van der Waals surface area contributed by atoms with Crippen molar-refractivity contribution in [3.8, 4) is 11.5 Å². The highest BCUT2D eigenvalue weighted by Gasteiger charge is 2.26. The van der Waals surface area contributed by atoms with Crippen molar-refractivity contribution < 1.29 is 19.1 Å². The summed E-state index contributed by atoms with van der Waals surface area (Å²) in [6, 6.07) is 5.16. The predicted molar refractivity (Wildman–Crippen MR) is 90.6 cm³/mol. The first-order valence-electron chi connectivity index (χ1n) is 8.04. The summed E-state index contributed by atoms with van der Waals surface area (Å²) >= 11 is 0. The van der Waals surface area contributed by atoms with Gasteiger partial charge in [-0.3, -0.25) is 9.59 Å². The third kappa shape index (κ3) is 4.17. The van der Waals surface area contributed by atoms with Crippen molar-refractivity contribution in [2.24, 2.45) is 0 Å². The van der Waals surface area contributed by atoms with E-state index < -0.39 is 0 Å². The maximum atomic E-state index is 12.7. The fraction of sp³-hybridized carbons (Fsp3) is 0.529. The molecule has 1 aliphatic heterocycles. The smallest absolute Gasteiger partial charge is 0.257 e. The maximum Gasteiger partial charge on any atom is 0.257 e. The van der Waals surface area contributed by atoms with E-state index in [0.717, 1.165) is 0 Å². The third-order valence-electron chi connectivity index (χ3n) is 4.15. The van der Waals surface area contributed by atoms with Crippen LogP contribution in [0.1, 0.15) is 16.8 Å². The zero-order chi connectivity index (χ0) is 17.5. The fourth-order valence-corrected chi connectivity index (χ4v) is 2.69. The molecule has 0 bridgehead atoms. The van der Waals surface area contributed by atoms with E-state index in [1.54, 1.807) is 30.2 Å². The number of carbonyl (C=O) groups is 2. The molecule has 0 radical (unpaired) electrons. The molecule has 0 saturated carbocycles. The minimum absolute atomic E-state index is 0.0863. The zero-order valence-corrected chi connectivity index (χ0v) is 14.5. The molecule has 0 aliphatic carbocycles. The number of hydrogen-bond donors (Lipinski definition) is 1. The molecule has 132 valence electrons. The lowest BCUT2D eigenvalue weighted by molar-refractivity contribution is -0.132. The largest absolute Gasteiger partial charge is 0.497 e. The molecule has 1 heterocycles. The van der Waals surface area contributed by atoms with Crippen LogP contribution in [-0.2, 0) is 4.79 Å².